The van der Waals surface area contributed by atoms with Gasteiger partial charge in [-0.2, -0.15) is 0 Å². The summed E-state index contributed by atoms with van der Waals surface area (Å²) >= 11 is 2.87. The van der Waals surface area contributed by atoms with Crippen molar-refractivity contribution in [1.82, 2.24) is 9.97 Å². The summed E-state index contributed by atoms with van der Waals surface area (Å²) < 4.78 is 16.3. The second kappa shape index (κ2) is 11.6. The van der Waals surface area contributed by atoms with Gasteiger partial charge in [-0.05, 0) is 31.2 Å². The van der Waals surface area contributed by atoms with E-state index in [9.17, 15) is 4.79 Å². The minimum Gasteiger partial charge on any atom is -0.493 e. The predicted molar refractivity (Wildman–Crippen MR) is 162 cm³/mol. The average molecular weight is 574 g/mol. The highest BCUT2D eigenvalue weighted by Crippen LogP contribution is 2.43. The SMILES string of the molecule is COc1cc(Nc2nc(N)c(-c3nc(-c4cccc(NC(=O)c5ccc(C)cc5)c4)cs3)s2)cc(OC)c1OC. The van der Waals surface area contributed by atoms with Gasteiger partial charge < -0.3 is 30.6 Å². The van der Waals surface area contributed by atoms with E-state index in [-0.39, 0.29) is 5.91 Å². The van der Waals surface area contributed by atoms with Crippen LogP contribution < -0.4 is 30.6 Å². The summed E-state index contributed by atoms with van der Waals surface area (Å²) in [6.07, 6.45) is 0. The van der Waals surface area contributed by atoms with Crippen LogP contribution in [0.2, 0.25) is 0 Å². The number of benzene rings is 3. The van der Waals surface area contributed by atoms with Crippen LogP contribution in [0.25, 0.3) is 21.1 Å². The molecule has 2 aromatic heterocycles. The number of nitrogens with zero attached hydrogens (tertiary/aromatic N) is 2. The second-order valence-corrected chi connectivity index (χ2v) is 10.6. The number of methoxy groups -OCH3 is 3. The molecule has 5 aromatic rings. The van der Waals surface area contributed by atoms with Gasteiger partial charge in [0, 0.05) is 40.0 Å². The molecule has 0 aliphatic heterocycles. The fourth-order valence-corrected chi connectivity index (χ4v) is 5.82. The molecule has 5 rings (SSSR count). The average Bonchev–Trinajstić information content (AvgIpc) is 3.59. The molecule has 3 aromatic carbocycles. The monoisotopic (exact) mass is 573 g/mol. The van der Waals surface area contributed by atoms with Crippen LogP contribution in [0.4, 0.5) is 22.3 Å². The molecule has 0 bridgehead atoms. The summed E-state index contributed by atoms with van der Waals surface area (Å²) in [5.74, 6) is 1.76. The highest BCUT2D eigenvalue weighted by Gasteiger charge is 2.18. The van der Waals surface area contributed by atoms with Gasteiger partial charge >= 0.3 is 0 Å². The molecule has 11 heteroatoms. The smallest absolute Gasteiger partial charge is 0.255 e. The van der Waals surface area contributed by atoms with E-state index in [0.717, 1.165) is 26.7 Å². The Kier molecular flexibility index (Phi) is 7.85. The number of aryl methyl sites for hydroxylation is 1. The fourth-order valence-electron chi connectivity index (χ4n) is 3.99. The molecule has 0 fully saturated rings. The van der Waals surface area contributed by atoms with Crippen molar-refractivity contribution >= 4 is 50.9 Å². The summed E-state index contributed by atoms with van der Waals surface area (Å²) in [5.41, 5.74) is 11.0. The normalized spacial score (nSPS) is 10.7. The Morgan fingerprint density at radius 3 is 2.30 bits per heavy atom. The molecule has 204 valence electrons. The summed E-state index contributed by atoms with van der Waals surface area (Å²) in [5, 5.41) is 9.53. The van der Waals surface area contributed by atoms with Crippen LogP contribution in [0, 0.1) is 6.92 Å². The second-order valence-electron chi connectivity index (χ2n) is 8.71. The lowest BCUT2D eigenvalue weighted by Gasteiger charge is -2.14. The van der Waals surface area contributed by atoms with Crippen molar-refractivity contribution in [3.8, 4) is 38.4 Å². The summed E-state index contributed by atoms with van der Waals surface area (Å²) in [6.45, 7) is 1.99. The Morgan fingerprint density at radius 2 is 1.62 bits per heavy atom. The summed E-state index contributed by atoms with van der Waals surface area (Å²) in [4.78, 5) is 22.7. The molecule has 0 aliphatic rings. The van der Waals surface area contributed by atoms with Gasteiger partial charge in [0.1, 0.15) is 15.7 Å². The zero-order valence-corrected chi connectivity index (χ0v) is 23.9. The van der Waals surface area contributed by atoms with Crippen molar-refractivity contribution in [2.75, 3.05) is 37.7 Å². The molecule has 1 amide bonds. The zero-order chi connectivity index (χ0) is 28.2. The molecule has 0 saturated carbocycles. The third kappa shape index (κ3) is 5.70. The zero-order valence-electron chi connectivity index (χ0n) is 22.3. The number of nitrogens with one attached hydrogen (secondary N) is 2. The predicted octanol–water partition coefficient (Wildman–Crippen LogP) is 6.85. The molecule has 0 saturated heterocycles. The van der Waals surface area contributed by atoms with E-state index >= 15 is 0 Å². The molecule has 40 heavy (non-hydrogen) atoms. The highest BCUT2D eigenvalue weighted by molar-refractivity contribution is 7.23. The fraction of sp³-hybridized carbons (Fsp3) is 0.138. The molecular weight excluding hydrogens is 546 g/mol. The van der Waals surface area contributed by atoms with Gasteiger partial charge in [-0.15, -0.1) is 11.3 Å². The number of carbonyl (C=O) groups is 1. The maximum Gasteiger partial charge on any atom is 0.255 e. The van der Waals surface area contributed by atoms with Crippen molar-refractivity contribution in [3.63, 3.8) is 0 Å². The van der Waals surface area contributed by atoms with Crippen LogP contribution in [-0.4, -0.2) is 37.2 Å². The minimum atomic E-state index is -0.166. The van der Waals surface area contributed by atoms with E-state index in [2.05, 4.69) is 15.6 Å². The first-order chi connectivity index (χ1) is 19.4. The third-order valence-electron chi connectivity index (χ3n) is 6.00. The number of hydrogen-bond donors (Lipinski definition) is 3. The first-order valence-electron chi connectivity index (χ1n) is 12.2. The summed E-state index contributed by atoms with van der Waals surface area (Å²) in [6, 6.07) is 18.6. The molecule has 0 atom stereocenters. The lowest BCUT2D eigenvalue weighted by atomic mass is 10.1. The van der Waals surface area contributed by atoms with Crippen LogP contribution in [0.5, 0.6) is 17.2 Å². The van der Waals surface area contributed by atoms with Crippen LogP contribution in [0.3, 0.4) is 0 Å². The van der Waals surface area contributed by atoms with E-state index in [4.69, 9.17) is 24.9 Å². The lowest BCUT2D eigenvalue weighted by molar-refractivity contribution is 0.102. The first kappa shape index (κ1) is 27.0. The largest absolute Gasteiger partial charge is 0.493 e. The lowest BCUT2D eigenvalue weighted by Crippen LogP contribution is -2.11. The Balaban J connectivity index is 1.34. The molecule has 9 nitrogen and oxygen atoms in total. The van der Waals surface area contributed by atoms with Gasteiger partial charge in [0.05, 0.1) is 27.0 Å². The number of rotatable bonds is 9. The Morgan fingerprint density at radius 1 is 0.900 bits per heavy atom. The quantitative estimate of drug-likeness (QED) is 0.175. The number of carbonyl (C=O) groups excluding carboxylic acids is 1. The molecule has 2 heterocycles. The van der Waals surface area contributed by atoms with Crippen molar-refractivity contribution in [2.24, 2.45) is 0 Å². The number of amides is 1. The Bertz CT molecular complexity index is 1640. The van der Waals surface area contributed by atoms with Crippen LogP contribution in [0.1, 0.15) is 15.9 Å². The van der Waals surface area contributed by atoms with Crippen molar-refractivity contribution in [3.05, 3.63) is 77.2 Å². The van der Waals surface area contributed by atoms with Gasteiger partial charge in [-0.25, -0.2) is 9.97 Å². The van der Waals surface area contributed by atoms with E-state index in [1.165, 1.54) is 22.7 Å². The molecule has 0 radical (unpaired) electrons. The standard InChI is InChI=1S/C29H27N5O4S2/c1-16-8-10-17(11-9-16)27(35)31-19-7-5-6-18(12-19)21-15-39-28(33-21)25-26(30)34-29(40-25)32-20-13-22(36-2)24(38-4)23(14-20)37-3/h5-15H,30H2,1-4H3,(H,31,35)(H,32,34). The maximum atomic E-state index is 12.7. The number of nitrogens with two attached hydrogens (primary N) is 1. The third-order valence-corrected chi connectivity index (χ3v) is 7.98. The van der Waals surface area contributed by atoms with Crippen molar-refractivity contribution in [1.29, 1.82) is 0 Å². The maximum absolute atomic E-state index is 12.7. The number of aromatic nitrogens is 2. The van der Waals surface area contributed by atoms with Gasteiger partial charge in [0.2, 0.25) is 5.75 Å². The number of nitrogen functional groups attached to an aromatic ring is 1. The molecule has 0 unspecified atom stereocenters. The van der Waals surface area contributed by atoms with E-state index in [1.54, 1.807) is 33.5 Å². The van der Waals surface area contributed by atoms with Crippen molar-refractivity contribution < 1.29 is 19.0 Å². The Hall–Kier alpha value is -4.61. The van der Waals surface area contributed by atoms with Gasteiger partial charge in [0.15, 0.2) is 16.6 Å². The topological polar surface area (TPSA) is 121 Å². The van der Waals surface area contributed by atoms with Gasteiger partial charge in [-0.1, -0.05) is 41.2 Å². The van der Waals surface area contributed by atoms with Crippen LogP contribution in [0.15, 0.2) is 66.0 Å². The van der Waals surface area contributed by atoms with E-state index in [1.807, 2.05) is 60.8 Å². The molecule has 4 N–H and O–H groups in total. The van der Waals surface area contributed by atoms with Crippen molar-refractivity contribution in [2.45, 2.75) is 6.92 Å². The van der Waals surface area contributed by atoms with Crippen LogP contribution in [-0.2, 0) is 0 Å². The molecule has 0 spiro atoms. The van der Waals surface area contributed by atoms with E-state index in [0.29, 0.717) is 45.1 Å². The van der Waals surface area contributed by atoms with E-state index < -0.39 is 0 Å². The Labute approximate surface area is 239 Å². The van der Waals surface area contributed by atoms with Gasteiger partial charge in [-0.3, -0.25) is 4.79 Å². The minimum absolute atomic E-state index is 0.166. The number of anilines is 4. The summed E-state index contributed by atoms with van der Waals surface area (Å²) in [7, 11) is 4.68. The van der Waals surface area contributed by atoms with Gasteiger partial charge in [0.25, 0.3) is 5.91 Å². The molecular formula is C29H27N5O4S2. The number of hydrogen-bond acceptors (Lipinski definition) is 10. The number of ether oxygens (including phenoxy) is 3. The molecule has 0 aliphatic carbocycles. The van der Waals surface area contributed by atoms with Crippen LogP contribution >= 0.6 is 22.7 Å². The first-order valence-corrected chi connectivity index (χ1v) is 13.9. The highest BCUT2D eigenvalue weighted by atomic mass is 32.1. The number of thiazole rings is 2.